The minimum Gasteiger partial charge on any atom is -0.348 e. The molecule has 29 heavy (non-hydrogen) atoms. The molecule has 1 aromatic carbocycles. The third-order valence-electron chi connectivity index (χ3n) is 4.75. The predicted molar refractivity (Wildman–Crippen MR) is 104 cm³/mol. The fraction of sp³-hybridized carbons (Fsp3) is 0.412. The van der Waals surface area contributed by atoms with Crippen molar-refractivity contribution in [2.24, 2.45) is 0 Å². The molecular formula is C17H15Cl2F3N2O3S2. The van der Waals surface area contributed by atoms with E-state index in [9.17, 15) is 26.4 Å². The van der Waals surface area contributed by atoms with Crippen molar-refractivity contribution < 1.29 is 26.4 Å². The second-order valence-corrected chi connectivity index (χ2v) is 10.6. The van der Waals surface area contributed by atoms with Gasteiger partial charge in [0.15, 0.2) is 15.5 Å². The smallest absolute Gasteiger partial charge is 0.348 e. The summed E-state index contributed by atoms with van der Waals surface area (Å²) in [5.74, 6) is -0.498. The topological polar surface area (TPSA) is 76.1 Å². The van der Waals surface area contributed by atoms with Crippen LogP contribution in [-0.4, -0.2) is 30.0 Å². The summed E-state index contributed by atoms with van der Waals surface area (Å²) in [6, 6.07) is 3.47. The number of sulfone groups is 1. The lowest BCUT2D eigenvalue weighted by molar-refractivity contribution is -0.137. The molecule has 5 nitrogen and oxygen atoms in total. The van der Waals surface area contributed by atoms with E-state index in [0.717, 1.165) is 23.7 Å². The van der Waals surface area contributed by atoms with E-state index in [2.05, 4.69) is 9.69 Å². The monoisotopic (exact) mass is 486 g/mol. The lowest BCUT2D eigenvalue weighted by Crippen LogP contribution is -2.40. The second-order valence-electron chi connectivity index (χ2n) is 6.64. The van der Waals surface area contributed by atoms with Gasteiger partial charge in [0, 0.05) is 6.04 Å². The number of carbonyl (C=O) groups excluding carboxylic acids is 1. The molecule has 3 rings (SSSR count). The number of nitrogens with zero attached hydrogens (tertiary/aromatic N) is 1. The number of hydrogen-bond acceptors (Lipinski definition) is 5. The summed E-state index contributed by atoms with van der Waals surface area (Å²) < 4.78 is 68.3. The molecule has 1 saturated carbocycles. The van der Waals surface area contributed by atoms with Crippen LogP contribution in [0.4, 0.5) is 13.2 Å². The van der Waals surface area contributed by atoms with Gasteiger partial charge in [-0.15, -0.1) is 0 Å². The number of nitrogens with one attached hydrogen (secondary N) is 1. The fourth-order valence-corrected chi connectivity index (χ4v) is 6.05. The highest BCUT2D eigenvalue weighted by molar-refractivity contribution is 7.92. The third-order valence-corrected chi connectivity index (χ3v) is 8.62. The quantitative estimate of drug-likeness (QED) is 0.660. The van der Waals surface area contributed by atoms with Crippen molar-refractivity contribution >= 4 is 50.5 Å². The van der Waals surface area contributed by atoms with Crippen molar-refractivity contribution in [1.82, 2.24) is 9.69 Å². The van der Waals surface area contributed by atoms with Crippen LogP contribution >= 0.6 is 34.7 Å². The summed E-state index contributed by atoms with van der Waals surface area (Å²) in [5.41, 5.74) is -0.987. The summed E-state index contributed by atoms with van der Waals surface area (Å²) in [5, 5.41) is 2.00. The summed E-state index contributed by atoms with van der Waals surface area (Å²) in [4.78, 5) is 11.9. The number of rotatable bonds is 4. The van der Waals surface area contributed by atoms with E-state index in [4.69, 9.17) is 23.2 Å². The lowest BCUT2D eigenvalue weighted by Gasteiger charge is -2.29. The molecule has 2 aromatic rings. The van der Waals surface area contributed by atoms with Gasteiger partial charge in [-0.05, 0) is 55.4 Å². The van der Waals surface area contributed by atoms with Crippen LogP contribution in [0.15, 0.2) is 29.2 Å². The number of alkyl halides is 3. The largest absolute Gasteiger partial charge is 0.416 e. The number of halogens is 5. The highest BCUT2D eigenvalue weighted by Crippen LogP contribution is 2.34. The first-order valence-corrected chi connectivity index (χ1v) is 11.6. The zero-order chi connectivity index (χ0) is 21.4. The highest BCUT2D eigenvalue weighted by atomic mass is 35.5. The fourth-order valence-electron chi connectivity index (χ4n) is 3.21. The molecule has 1 aliphatic rings. The number of amides is 1. The SMILES string of the molecule is O=C(N[C@H]1CC[C@@H](S(=O)(=O)c2cccc(C(F)(F)F)c2)CC1)c1nsc(Cl)c1Cl. The maximum absolute atomic E-state index is 12.9. The minimum absolute atomic E-state index is 0.0142. The van der Waals surface area contributed by atoms with Crippen LogP contribution in [0.5, 0.6) is 0 Å². The van der Waals surface area contributed by atoms with Crippen molar-refractivity contribution in [2.45, 2.75) is 48.0 Å². The Labute approximate surface area is 179 Å². The molecule has 0 saturated heterocycles. The van der Waals surface area contributed by atoms with Gasteiger partial charge in [0.1, 0.15) is 9.36 Å². The van der Waals surface area contributed by atoms with Crippen LogP contribution in [0.25, 0.3) is 0 Å². The highest BCUT2D eigenvalue weighted by Gasteiger charge is 2.36. The molecule has 1 aromatic heterocycles. The molecule has 1 fully saturated rings. The van der Waals surface area contributed by atoms with Crippen LogP contribution < -0.4 is 5.32 Å². The van der Waals surface area contributed by atoms with Gasteiger partial charge in [0.2, 0.25) is 0 Å². The van der Waals surface area contributed by atoms with Gasteiger partial charge < -0.3 is 5.32 Å². The Morgan fingerprint density at radius 3 is 2.38 bits per heavy atom. The Morgan fingerprint density at radius 2 is 1.83 bits per heavy atom. The third kappa shape index (κ3) is 4.87. The summed E-state index contributed by atoms with van der Waals surface area (Å²) >= 11 is 12.6. The predicted octanol–water partition coefficient (Wildman–Crippen LogP) is 4.98. The first kappa shape index (κ1) is 22.3. The molecule has 12 heteroatoms. The second kappa shape index (κ2) is 8.41. The normalized spacial score (nSPS) is 20.4. The van der Waals surface area contributed by atoms with Gasteiger partial charge in [0.05, 0.1) is 15.7 Å². The van der Waals surface area contributed by atoms with E-state index in [-0.39, 0.29) is 38.8 Å². The molecule has 0 spiro atoms. The van der Waals surface area contributed by atoms with E-state index in [1.165, 1.54) is 6.07 Å². The zero-order valence-electron chi connectivity index (χ0n) is 14.7. The molecule has 1 heterocycles. The van der Waals surface area contributed by atoms with E-state index in [1.807, 2.05) is 0 Å². The van der Waals surface area contributed by atoms with Crippen LogP contribution in [0, 0.1) is 0 Å². The van der Waals surface area contributed by atoms with Gasteiger partial charge in [-0.2, -0.15) is 17.5 Å². The molecule has 1 amide bonds. The molecule has 0 atom stereocenters. The van der Waals surface area contributed by atoms with E-state index in [0.29, 0.717) is 18.9 Å². The van der Waals surface area contributed by atoms with Gasteiger partial charge in [-0.1, -0.05) is 29.3 Å². The Kier molecular flexibility index (Phi) is 6.47. The molecule has 0 bridgehead atoms. The van der Waals surface area contributed by atoms with E-state index >= 15 is 0 Å². The van der Waals surface area contributed by atoms with Gasteiger partial charge in [-0.25, -0.2) is 8.42 Å². The van der Waals surface area contributed by atoms with Crippen LogP contribution in [0.1, 0.15) is 41.7 Å². The summed E-state index contributed by atoms with van der Waals surface area (Å²) in [6.07, 6.45) is -3.45. The zero-order valence-corrected chi connectivity index (χ0v) is 17.8. The van der Waals surface area contributed by atoms with Gasteiger partial charge in [0.25, 0.3) is 5.91 Å². The van der Waals surface area contributed by atoms with Gasteiger partial charge >= 0.3 is 6.18 Å². The Balaban J connectivity index is 1.65. The van der Waals surface area contributed by atoms with E-state index < -0.39 is 32.7 Å². The van der Waals surface area contributed by atoms with E-state index in [1.54, 1.807) is 0 Å². The maximum Gasteiger partial charge on any atom is 0.416 e. The first-order valence-electron chi connectivity index (χ1n) is 8.53. The molecule has 0 unspecified atom stereocenters. The molecule has 1 aliphatic carbocycles. The van der Waals surface area contributed by atoms with Crippen molar-refractivity contribution in [1.29, 1.82) is 0 Å². The van der Waals surface area contributed by atoms with Crippen LogP contribution in [-0.2, 0) is 16.0 Å². The minimum atomic E-state index is -4.62. The van der Waals surface area contributed by atoms with Gasteiger partial charge in [-0.3, -0.25) is 4.79 Å². The van der Waals surface area contributed by atoms with Crippen LogP contribution in [0.2, 0.25) is 9.36 Å². The molecule has 158 valence electrons. The number of hydrogen-bond donors (Lipinski definition) is 1. The standard InChI is InChI=1S/C17H15Cl2F3N2O3S2/c18-13-14(24-28-15(13)19)16(25)23-10-4-6-11(7-5-10)29(26,27)12-3-1-2-9(8-12)17(20,21)22/h1-3,8,10-11H,4-7H2,(H,23,25)/t10-,11+. The molecule has 1 N–H and O–H groups in total. The average Bonchev–Trinajstić information content (AvgIpc) is 3.00. The first-order chi connectivity index (χ1) is 13.5. The molecule has 0 radical (unpaired) electrons. The Hall–Kier alpha value is -1.36. The van der Waals surface area contributed by atoms with Crippen molar-refractivity contribution in [3.63, 3.8) is 0 Å². The molecular weight excluding hydrogens is 472 g/mol. The molecule has 0 aliphatic heterocycles. The summed E-state index contributed by atoms with van der Waals surface area (Å²) in [7, 11) is -3.91. The Bertz CT molecular complexity index is 1020. The number of carbonyl (C=O) groups is 1. The lowest BCUT2D eigenvalue weighted by atomic mass is 9.95. The number of benzene rings is 1. The Morgan fingerprint density at radius 1 is 1.17 bits per heavy atom. The maximum atomic E-state index is 12.9. The van der Waals surface area contributed by atoms with Crippen LogP contribution in [0.3, 0.4) is 0 Å². The van der Waals surface area contributed by atoms with Crippen molar-refractivity contribution in [3.05, 3.63) is 44.9 Å². The average molecular weight is 487 g/mol. The number of aromatic nitrogens is 1. The van der Waals surface area contributed by atoms with Crippen molar-refractivity contribution in [3.8, 4) is 0 Å². The van der Waals surface area contributed by atoms with Crippen molar-refractivity contribution in [2.75, 3.05) is 0 Å². The summed E-state index contributed by atoms with van der Waals surface area (Å²) in [6.45, 7) is 0.